The minimum absolute atomic E-state index is 0.0872. The molecule has 0 aliphatic heterocycles. The van der Waals surface area contributed by atoms with Crippen molar-refractivity contribution < 1.29 is 14.3 Å². The van der Waals surface area contributed by atoms with E-state index in [1.165, 1.54) is 18.1 Å². The molecular weight excluding hydrogens is 292 g/mol. The maximum atomic E-state index is 12.6. The summed E-state index contributed by atoms with van der Waals surface area (Å²) in [5.74, 6) is -0.706. The minimum Gasteiger partial charge on any atom is -0.468 e. The molecule has 21 heavy (non-hydrogen) atoms. The molecule has 0 aliphatic carbocycles. The molecule has 0 fully saturated rings. The fourth-order valence-electron chi connectivity index (χ4n) is 1.92. The number of amides is 1. The summed E-state index contributed by atoms with van der Waals surface area (Å²) in [5, 5.41) is 0.283. The number of pyridine rings is 1. The number of hydrogen-bond acceptors (Lipinski definition) is 4. The molecule has 5 nitrogen and oxygen atoms in total. The van der Waals surface area contributed by atoms with E-state index in [2.05, 4.69) is 9.72 Å². The molecule has 0 radical (unpaired) electrons. The van der Waals surface area contributed by atoms with Crippen LogP contribution in [0.4, 0.5) is 0 Å². The lowest BCUT2D eigenvalue weighted by Crippen LogP contribution is -2.41. The summed E-state index contributed by atoms with van der Waals surface area (Å²) in [6, 6.07) is 3.12. The highest BCUT2D eigenvalue weighted by Gasteiger charge is 2.22. The molecule has 0 N–H and O–H groups in total. The van der Waals surface area contributed by atoms with Crippen LogP contribution < -0.4 is 0 Å². The molecular formula is C15H21ClN2O3. The van der Waals surface area contributed by atoms with Gasteiger partial charge >= 0.3 is 5.97 Å². The van der Waals surface area contributed by atoms with Gasteiger partial charge in [0, 0.05) is 17.3 Å². The van der Waals surface area contributed by atoms with E-state index < -0.39 is 5.97 Å². The van der Waals surface area contributed by atoms with Crippen molar-refractivity contribution in [2.24, 2.45) is 0 Å². The second-order valence-corrected chi connectivity index (χ2v) is 5.41. The van der Waals surface area contributed by atoms with Gasteiger partial charge in [-0.15, -0.1) is 0 Å². The smallest absolute Gasteiger partial charge is 0.325 e. The largest absolute Gasteiger partial charge is 0.468 e. The standard InChI is InChI=1S/C15H21ClN2O3/c1-5-6-12-7-11(8-13(16)17-12)15(20)18(10(2)3)9-14(19)21-4/h7-8,10H,5-6,9H2,1-4H3. The first-order valence-electron chi connectivity index (χ1n) is 6.93. The average molecular weight is 313 g/mol. The molecule has 1 aromatic heterocycles. The summed E-state index contributed by atoms with van der Waals surface area (Å²) in [4.78, 5) is 29.7. The van der Waals surface area contributed by atoms with Gasteiger partial charge in [0.2, 0.25) is 0 Å². The summed E-state index contributed by atoms with van der Waals surface area (Å²) >= 11 is 5.97. The SMILES string of the molecule is CCCc1cc(C(=O)N(CC(=O)OC)C(C)C)cc(Cl)n1. The lowest BCUT2D eigenvalue weighted by Gasteiger charge is -2.25. The maximum absolute atomic E-state index is 12.6. The predicted octanol–water partition coefficient (Wildman–Crippen LogP) is 2.71. The zero-order chi connectivity index (χ0) is 16.0. The van der Waals surface area contributed by atoms with Gasteiger partial charge in [0.1, 0.15) is 11.7 Å². The third-order valence-electron chi connectivity index (χ3n) is 3.01. The van der Waals surface area contributed by atoms with Crippen molar-refractivity contribution in [3.8, 4) is 0 Å². The number of nitrogens with zero attached hydrogens (tertiary/aromatic N) is 2. The van der Waals surface area contributed by atoms with Gasteiger partial charge in [0.25, 0.3) is 5.91 Å². The predicted molar refractivity (Wildman–Crippen MR) is 81.4 cm³/mol. The molecule has 1 aromatic rings. The van der Waals surface area contributed by atoms with E-state index in [0.29, 0.717) is 5.56 Å². The summed E-state index contributed by atoms with van der Waals surface area (Å²) in [6.07, 6.45) is 1.66. The van der Waals surface area contributed by atoms with Crippen LogP contribution >= 0.6 is 11.6 Å². The molecule has 0 bridgehead atoms. The van der Waals surface area contributed by atoms with Crippen molar-refractivity contribution >= 4 is 23.5 Å². The fraction of sp³-hybridized carbons (Fsp3) is 0.533. The Morgan fingerprint density at radius 3 is 2.57 bits per heavy atom. The van der Waals surface area contributed by atoms with E-state index in [1.807, 2.05) is 20.8 Å². The summed E-state index contributed by atoms with van der Waals surface area (Å²) in [5.41, 5.74) is 1.21. The normalized spacial score (nSPS) is 10.6. The van der Waals surface area contributed by atoms with Crippen molar-refractivity contribution in [3.63, 3.8) is 0 Å². The first-order chi connectivity index (χ1) is 9.88. The van der Waals surface area contributed by atoms with Crippen LogP contribution in [-0.4, -0.2) is 41.5 Å². The molecule has 0 spiro atoms. The third kappa shape index (κ3) is 5.01. The zero-order valence-corrected chi connectivity index (χ0v) is 13.6. The number of carbonyl (C=O) groups excluding carboxylic acids is 2. The highest BCUT2D eigenvalue weighted by molar-refractivity contribution is 6.29. The Kier molecular flexibility index (Phi) is 6.62. The number of halogens is 1. The highest BCUT2D eigenvalue weighted by atomic mass is 35.5. The Bertz CT molecular complexity index is 518. The topological polar surface area (TPSA) is 59.5 Å². The van der Waals surface area contributed by atoms with E-state index in [9.17, 15) is 9.59 Å². The van der Waals surface area contributed by atoms with Gasteiger partial charge < -0.3 is 9.64 Å². The quantitative estimate of drug-likeness (QED) is 0.598. The van der Waals surface area contributed by atoms with Crippen LogP contribution in [0.5, 0.6) is 0 Å². The van der Waals surface area contributed by atoms with Crippen molar-refractivity contribution in [1.29, 1.82) is 0 Å². The Morgan fingerprint density at radius 1 is 1.38 bits per heavy atom. The molecule has 6 heteroatoms. The van der Waals surface area contributed by atoms with Gasteiger partial charge in [-0.05, 0) is 32.4 Å². The Balaban J connectivity index is 3.05. The van der Waals surface area contributed by atoms with Gasteiger partial charge in [0.15, 0.2) is 0 Å². The van der Waals surface area contributed by atoms with Crippen molar-refractivity contribution in [1.82, 2.24) is 9.88 Å². The summed E-state index contributed by atoms with van der Waals surface area (Å²) in [7, 11) is 1.30. The van der Waals surface area contributed by atoms with Crippen molar-refractivity contribution in [2.75, 3.05) is 13.7 Å². The molecule has 0 saturated carbocycles. The van der Waals surface area contributed by atoms with E-state index in [1.54, 1.807) is 6.07 Å². The van der Waals surface area contributed by atoms with E-state index in [-0.39, 0.29) is 23.6 Å². The average Bonchev–Trinajstić information content (AvgIpc) is 2.43. The van der Waals surface area contributed by atoms with Gasteiger partial charge in [-0.1, -0.05) is 24.9 Å². The molecule has 0 aliphatic rings. The molecule has 1 heterocycles. The first-order valence-corrected chi connectivity index (χ1v) is 7.31. The number of methoxy groups -OCH3 is 1. The molecule has 1 rings (SSSR count). The molecule has 0 atom stereocenters. The van der Waals surface area contributed by atoms with Crippen LogP contribution in [0.2, 0.25) is 5.15 Å². The third-order valence-corrected chi connectivity index (χ3v) is 3.21. The Labute approximate surface area is 130 Å². The number of rotatable bonds is 6. The number of hydrogen-bond donors (Lipinski definition) is 0. The van der Waals surface area contributed by atoms with Crippen LogP contribution in [-0.2, 0) is 16.0 Å². The van der Waals surface area contributed by atoms with E-state index in [0.717, 1.165) is 18.5 Å². The maximum Gasteiger partial charge on any atom is 0.325 e. The van der Waals surface area contributed by atoms with E-state index in [4.69, 9.17) is 11.6 Å². The first kappa shape index (κ1) is 17.4. The number of esters is 1. The van der Waals surface area contributed by atoms with Crippen LogP contribution in [0, 0.1) is 0 Å². The highest BCUT2D eigenvalue weighted by Crippen LogP contribution is 2.16. The second kappa shape index (κ2) is 7.98. The number of aryl methyl sites for hydroxylation is 1. The number of carbonyl (C=O) groups is 2. The molecule has 1 amide bonds. The van der Waals surface area contributed by atoms with Gasteiger partial charge in [-0.25, -0.2) is 4.98 Å². The molecule has 116 valence electrons. The lowest BCUT2D eigenvalue weighted by molar-refractivity contribution is -0.141. The second-order valence-electron chi connectivity index (χ2n) is 5.02. The van der Waals surface area contributed by atoms with Gasteiger partial charge in [0.05, 0.1) is 7.11 Å². The zero-order valence-electron chi connectivity index (χ0n) is 12.9. The monoisotopic (exact) mass is 312 g/mol. The minimum atomic E-state index is -0.453. The van der Waals surface area contributed by atoms with Crippen molar-refractivity contribution in [2.45, 2.75) is 39.7 Å². The molecule has 0 unspecified atom stereocenters. The van der Waals surface area contributed by atoms with Crippen LogP contribution in [0.1, 0.15) is 43.2 Å². The van der Waals surface area contributed by atoms with Gasteiger partial charge in [-0.3, -0.25) is 9.59 Å². The van der Waals surface area contributed by atoms with Crippen LogP contribution in [0.3, 0.4) is 0 Å². The molecule has 0 aromatic carbocycles. The van der Waals surface area contributed by atoms with Crippen LogP contribution in [0.15, 0.2) is 12.1 Å². The summed E-state index contributed by atoms with van der Waals surface area (Å²) in [6.45, 7) is 5.63. The lowest BCUT2D eigenvalue weighted by atomic mass is 10.1. The van der Waals surface area contributed by atoms with Crippen LogP contribution in [0.25, 0.3) is 0 Å². The molecule has 0 saturated heterocycles. The number of ether oxygens (including phenoxy) is 1. The van der Waals surface area contributed by atoms with Gasteiger partial charge in [-0.2, -0.15) is 0 Å². The summed E-state index contributed by atoms with van der Waals surface area (Å²) < 4.78 is 4.63. The fourth-order valence-corrected chi connectivity index (χ4v) is 2.14. The van der Waals surface area contributed by atoms with Crippen molar-refractivity contribution in [3.05, 3.63) is 28.5 Å². The Hall–Kier alpha value is -1.62. The van der Waals surface area contributed by atoms with E-state index >= 15 is 0 Å². The Morgan fingerprint density at radius 2 is 2.05 bits per heavy atom. The number of aromatic nitrogens is 1.